The van der Waals surface area contributed by atoms with Crippen LogP contribution in [0.1, 0.15) is 0 Å². The number of benzene rings is 2. The van der Waals surface area contributed by atoms with E-state index in [0.29, 0.717) is 39.4 Å². The molecule has 2 saturated heterocycles. The van der Waals surface area contributed by atoms with Crippen molar-refractivity contribution in [3.63, 3.8) is 0 Å². The summed E-state index contributed by atoms with van der Waals surface area (Å²) in [6.07, 6.45) is 0. The van der Waals surface area contributed by atoms with Gasteiger partial charge in [0.1, 0.15) is 16.4 Å². The van der Waals surface area contributed by atoms with Crippen molar-refractivity contribution in [2.75, 3.05) is 71.1 Å². The maximum Gasteiger partial charge on any atom is 0.260 e. The van der Waals surface area contributed by atoms with Gasteiger partial charge in [0.05, 0.1) is 20.3 Å². The molecule has 1 amide bonds. The first-order chi connectivity index (χ1) is 16.4. The molecular weight excluding hydrogens is 482 g/mol. The number of carbonyl (C=O) groups excluding carboxylic acids is 1. The average Bonchev–Trinajstić information content (AvgIpc) is 2.88. The molecule has 9 nitrogen and oxygen atoms in total. The fourth-order valence-electron chi connectivity index (χ4n) is 3.97. The van der Waals surface area contributed by atoms with E-state index in [0.717, 1.165) is 11.4 Å². The lowest BCUT2D eigenvalue weighted by Gasteiger charge is -2.36. The van der Waals surface area contributed by atoms with Gasteiger partial charge >= 0.3 is 0 Å². The monoisotopic (exact) mass is 509 g/mol. The number of halogens is 1. The molecule has 34 heavy (non-hydrogen) atoms. The van der Waals surface area contributed by atoms with E-state index in [4.69, 9.17) is 25.8 Å². The fourth-order valence-corrected chi connectivity index (χ4v) is 5.77. The fraction of sp³-hybridized carbons (Fsp3) is 0.435. The smallest absolute Gasteiger partial charge is 0.260 e. The Labute approximate surface area is 204 Å². The predicted molar refractivity (Wildman–Crippen MR) is 128 cm³/mol. The molecule has 4 rings (SSSR count). The van der Waals surface area contributed by atoms with Crippen molar-refractivity contribution in [1.29, 1.82) is 0 Å². The van der Waals surface area contributed by atoms with Crippen LogP contribution in [0, 0.1) is 0 Å². The molecule has 0 saturated carbocycles. The number of amides is 1. The lowest BCUT2D eigenvalue weighted by atomic mass is 10.2. The topological polar surface area (TPSA) is 88.6 Å². The minimum absolute atomic E-state index is 0.0426. The van der Waals surface area contributed by atoms with Gasteiger partial charge in [-0.3, -0.25) is 4.79 Å². The van der Waals surface area contributed by atoms with Gasteiger partial charge in [-0.1, -0.05) is 11.6 Å². The second-order valence-corrected chi connectivity index (χ2v) is 10.3. The van der Waals surface area contributed by atoms with Gasteiger partial charge < -0.3 is 24.0 Å². The van der Waals surface area contributed by atoms with E-state index in [1.54, 1.807) is 18.1 Å². The summed E-state index contributed by atoms with van der Waals surface area (Å²) >= 11 is 6.08. The van der Waals surface area contributed by atoms with Crippen LogP contribution >= 0.6 is 11.6 Å². The molecule has 0 radical (unpaired) electrons. The van der Waals surface area contributed by atoms with Crippen molar-refractivity contribution in [1.82, 2.24) is 9.21 Å². The Kier molecular flexibility index (Phi) is 7.82. The Morgan fingerprint density at radius 1 is 1.00 bits per heavy atom. The second kappa shape index (κ2) is 10.8. The van der Waals surface area contributed by atoms with E-state index in [-0.39, 0.29) is 41.3 Å². The van der Waals surface area contributed by atoms with E-state index in [9.17, 15) is 13.2 Å². The molecule has 2 aliphatic heterocycles. The van der Waals surface area contributed by atoms with Gasteiger partial charge in [-0.05, 0) is 42.5 Å². The number of rotatable bonds is 7. The maximum absolute atomic E-state index is 13.1. The lowest BCUT2D eigenvalue weighted by molar-refractivity contribution is -0.133. The van der Waals surface area contributed by atoms with E-state index in [1.165, 1.54) is 16.4 Å². The van der Waals surface area contributed by atoms with Gasteiger partial charge in [0.15, 0.2) is 6.61 Å². The summed E-state index contributed by atoms with van der Waals surface area (Å²) in [6.45, 7) is 3.40. The minimum atomic E-state index is -3.83. The Balaban J connectivity index is 1.37. The minimum Gasteiger partial charge on any atom is -0.497 e. The van der Waals surface area contributed by atoms with Crippen molar-refractivity contribution in [3.05, 3.63) is 47.5 Å². The van der Waals surface area contributed by atoms with Crippen molar-refractivity contribution in [3.8, 4) is 11.5 Å². The highest BCUT2D eigenvalue weighted by molar-refractivity contribution is 7.89. The van der Waals surface area contributed by atoms with Gasteiger partial charge in [-0.25, -0.2) is 8.42 Å². The number of sulfonamides is 1. The number of morpholine rings is 1. The quantitative estimate of drug-likeness (QED) is 0.564. The van der Waals surface area contributed by atoms with Crippen LogP contribution in [0.25, 0.3) is 0 Å². The first-order valence-corrected chi connectivity index (χ1v) is 12.9. The molecule has 2 aromatic rings. The molecule has 2 aromatic carbocycles. The molecular formula is C23H28ClN3O6S. The summed E-state index contributed by atoms with van der Waals surface area (Å²) in [4.78, 5) is 16.7. The van der Waals surface area contributed by atoms with Gasteiger partial charge in [-0.15, -0.1) is 0 Å². The highest BCUT2D eigenvalue weighted by Crippen LogP contribution is 2.30. The summed E-state index contributed by atoms with van der Waals surface area (Å²) in [6, 6.07) is 12.2. The molecule has 2 heterocycles. The number of anilines is 1. The van der Waals surface area contributed by atoms with Crippen LogP contribution in [0.5, 0.6) is 11.5 Å². The highest BCUT2D eigenvalue weighted by Gasteiger charge is 2.30. The first kappa shape index (κ1) is 24.6. The number of ether oxygens (including phenoxy) is 3. The van der Waals surface area contributed by atoms with Crippen LogP contribution in [-0.2, 0) is 19.6 Å². The van der Waals surface area contributed by atoms with Crippen LogP contribution in [0.15, 0.2) is 47.4 Å². The van der Waals surface area contributed by atoms with Crippen LogP contribution in [0.2, 0.25) is 5.02 Å². The van der Waals surface area contributed by atoms with E-state index in [1.807, 2.05) is 24.3 Å². The zero-order valence-electron chi connectivity index (χ0n) is 19.0. The van der Waals surface area contributed by atoms with E-state index >= 15 is 0 Å². The zero-order valence-corrected chi connectivity index (χ0v) is 20.6. The number of methoxy groups -OCH3 is 1. The Hall–Kier alpha value is -2.53. The van der Waals surface area contributed by atoms with Gasteiger partial charge in [0, 0.05) is 50.0 Å². The molecule has 11 heteroatoms. The predicted octanol–water partition coefficient (Wildman–Crippen LogP) is 2.10. The summed E-state index contributed by atoms with van der Waals surface area (Å²) in [5.74, 6) is 0.715. The number of carbonyl (C=O) groups is 1. The average molecular weight is 510 g/mol. The third-order valence-corrected chi connectivity index (χ3v) is 8.07. The third-order valence-electron chi connectivity index (χ3n) is 5.91. The summed E-state index contributed by atoms with van der Waals surface area (Å²) in [5.41, 5.74) is 1.07. The largest absolute Gasteiger partial charge is 0.497 e. The zero-order chi connectivity index (χ0) is 24.1. The van der Waals surface area contributed by atoms with E-state index < -0.39 is 10.0 Å². The van der Waals surface area contributed by atoms with Gasteiger partial charge in [-0.2, -0.15) is 4.31 Å². The summed E-state index contributed by atoms with van der Waals surface area (Å²) in [5, 5.41) is 0.278. The van der Waals surface area contributed by atoms with Crippen molar-refractivity contribution in [2.24, 2.45) is 0 Å². The number of hydrogen-bond donors (Lipinski definition) is 0. The number of nitrogens with zero attached hydrogens (tertiary/aromatic N) is 3. The molecule has 2 fully saturated rings. The molecule has 2 aliphatic rings. The molecule has 0 spiro atoms. The lowest BCUT2D eigenvalue weighted by Crippen LogP contribution is -2.50. The van der Waals surface area contributed by atoms with Crippen molar-refractivity contribution >= 4 is 33.2 Å². The molecule has 0 atom stereocenters. The molecule has 0 aliphatic carbocycles. The van der Waals surface area contributed by atoms with E-state index in [2.05, 4.69) is 4.90 Å². The highest BCUT2D eigenvalue weighted by atomic mass is 35.5. The molecule has 0 unspecified atom stereocenters. The molecule has 184 valence electrons. The summed E-state index contributed by atoms with van der Waals surface area (Å²) in [7, 11) is -2.20. The van der Waals surface area contributed by atoms with Crippen LogP contribution < -0.4 is 14.4 Å². The molecule has 0 bridgehead atoms. The normalized spacial score (nSPS) is 17.5. The Morgan fingerprint density at radius 3 is 2.32 bits per heavy atom. The molecule has 0 aromatic heterocycles. The van der Waals surface area contributed by atoms with Crippen molar-refractivity contribution < 1.29 is 27.4 Å². The third kappa shape index (κ3) is 5.57. The SMILES string of the molecule is COc1ccc(N2CCN(C(=O)COc3ccc(Cl)cc3S(=O)(=O)N3CCOCC3)CC2)cc1. The Bertz CT molecular complexity index is 1100. The van der Waals surface area contributed by atoms with Gasteiger partial charge in [0.25, 0.3) is 5.91 Å². The Morgan fingerprint density at radius 2 is 1.68 bits per heavy atom. The van der Waals surface area contributed by atoms with Crippen LogP contribution in [0.4, 0.5) is 5.69 Å². The number of hydrogen-bond acceptors (Lipinski definition) is 7. The molecule has 0 N–H and O–H groups in total. The van der Waals surface area contributed by atoms with Crippen LogP contribution in [0.3, 0.4) is 0 Å². The summed E-state index contributed by atoms with van der Waals surface area (Å²) < 4.78 is 43.8. The second-order valence-electron chi connectivity index (χ2n) is 7.96. The first-order valence-electron chi connectivity index (χ1n) is 11.1. The van der Waals surface area contributed by atoms with Crippen LogP contribution in [-0.4, -0.2) is 89.7 Å². The number of piperazine rings is 1. The maximum atomic E-state index is 13.1. The standard InChI is InChI=1S/C23H28ClN3O6S/c1-31-20-5-3-19(4-6-20)25-8-10-26(11-9-25)23(28)17-33-21-7-2-18(24)16-22(21)34(29,30)27-12-14-32-15-13-27/h2-7,16H,8-15,17H2,1H3. The van der Waals surface area contributed by atoms with Crippen molar-refractivity contribution in [2.45, 2.75) is 4.90 Å². The van der Waals surface area contributed by atoms with Gasteiger partial charge in [0.2, 0.25) is 10.0 Å².